The topological polar surface area (TPSA) is 52.8 Å². The third kappa shape index (κ3) is 4.09. The molecule has 0 amide bonds. The number of aromatic hydroxyl groups is 1. The first-order valence-electron chi connectivity index (χ1n) is 8.60. The third-order valence-electron chi connectivity index (χ3n) is 4.17. The van der Waals surface area contributed by atoms with Gasteiger partial charge in [0.25, 0.3) is 0 Å². The second-order valence-electron chi connectivity index (χ2n) is 6.77. The highest BCUT2D eigenvalue weighted by Crippen LogP contribution is 2.30. The summed E-state index contributed by atoms with van der Waals surface area (Å²) in [5.41, 5.74) is 1.26. The number of hydrogen-bond acceptors (Lipinski definition) is 4. The summed E-state index contributed by atoms with van der Waals surface area (Å²) < 4.78 is 28.4. The van der Waals surface area contributed by atoms with E-state index in [4.69, 9.17) is 0 Å². The van der Waals surface area contributed by atoms with E-state index in [9.17, 15) is 14.0 Å². The number of likely N-dealkylation sites (N-methyl/N-ethyl adjacent to an activating group) is 1. The van der Waals surface area contributed by atoms with Gasteiger partial charge in [-0.3, -0.25) is 4.99 Å². The lowest BCUT2D eigenvalue weighted by atomic mass is 10.2. The molecule has 0 aliphatic heterocycles. The predicted octanol–water partition coefficient (Wildman–Crippen LogP) is 4.33. The molecule has 0 bridgehead atoms. The Balaban J connectivity index is 1.83. The van der Waals surface area contributed by atoms with E-state index in [-0.39, 0.29) is 21.9 Å². The maximum Gasteiger partial charge on any atom is 0.230 e. The fourth-order valence-corrected chi connectivity index (χ4v) is 3.04. The molecule has 0 radical (unpaired) electrons. The molecule has 1 aromatic heterocycles. The van der Waals surface area contributed by atoms with E-state index in [2.05, 4.69) is 10.3 Å². The van der Waals surface area contributed by atoms with E-state index in [0.29, 0.717) is 16.8 Å². The van der Waals surface area contributed by atoms with Gasteiger partial charge in [-0.2, -0.15) is 0 Å². The molecule has 2 aromatic carbocycles. The van der Waals surface area contributed by atoms with Gasteiger partial charge in [0.1, 0.15) is 5.82 Å². The number of nitrogens with one attached hydrogen (secondary N) is 1. The molecule has 7 heteroatoms. The van der Waals surface area contributed by atoms with Gasteiger partial charge >= 0.3 is 0 Å². The van der Waals surface area contributed by atoms with Crippen molar-refractivity contribution >= 4 is 28.5 Å². The van der Waals surface area contributed by atoms with Gasteiger partial charge in [0.15, 0.2) is 0 Å². The predicted molar refractivity (Wildman–Crippen MR) is 105 cm³/mol. The van der Waals surface area contributed by atoms with Crippen LogP contribution in [0.4, 0.5) is 20.2 Å². The van der Waals surface area contributed by atoms with Crippen molar-refractivity contribution < 1.29 is 14.0 Å². The van der Waals surface area contributed by atoms with Crippen LogP contribution in [0.15, 0.2) is 47.5 Å². The molecule has 2 N–H and O–H groups in total. The molecule has 5 nitrogen and oxygen atoms in total. The first kappa shape index (κ1) is 18.8. The molecule has 0 saturated heterocycles. The summed E-state index contributed by atoms with van der Waals surface area (Å²) in [6.45, 7) is 2.74. The quantitative estimate of drug-likeness (QED) is 0.633. The Hall–Kier alpha value is -2.93. The van der Waals surface area contributed by atoms with Crippen LogP contribution in [0.5, 0.6) is 5.88 Å². The van der Waals surface area contributed by atoms with Gasteiger partial charge in [0.05, 0.1) is 22.5 Å². The Morgan fingerprint density at radius 3 is 2.70 bits per heavy atom. The van der Waals surface area contributed by atoms with Gasteiger partial charge in [-0.25, -0.2) is 4.39 Å². The van der Waals surface area contributed by atoms with Crippen LogP contribution >= 0.6 is 0 Å². The lowest BCUT2D eigenvalue weighted by Crippen LogP contribution is -2.29. The molecule has 0 saturated carbocycles. The molecule has 0 aliphatic rings. The van der Waals surface area contributed by atoms with Gasteiger partial charge in [-0.1, -0.05) is 22.7 Å². The average molecular weight is 372 g/mol. The average Bonchev–Trinajstić information content (AvgIpc) is 2.86. The van der Waals surface area contributed by atoms with Crippen molar-refractivity contribution in [3.8, 4) is 5.88 Å². The first-order chi connectivity index (χ1) is 12.9. The number of aliphatic imine (C=N–C) groups is 1. The number of halogens is 2. The fraction of sp³-hybridized carbons (Fsp3) is 0.250. The zero-order chi connectivity index (χ0) is 19.6. The van der Waals surface area contributed by atoms with Gasteiger partial charge in [-0.05, 0) is 39.2 Å². The van der Waals surface area contributed by atoms with E-state index < -0.39 is 11.7 Å². The maximum atomic E-state index is 14.3. The lowest BCUT2D eigenvalue weighted by molar-refractivity contribution is 0.305. The smallest absolute Gasteiger partial charge is 0.230 e. The highest BCUT2D eigenvalue weighted by atomic mass is 19.2. The first-order valence-corrected chi connectivity index (χ1v) is 8.60. The van der Waals surface area contributed by atoms with Crippen LogP contribution in [-0.4, -0.2) is 47.7 Å². The molecule has 1 atom stereocenters. The van der Waals surface area contributed by atoms with E-state index in [1.54, 1.807) is 36.4 Å². The molecule has 3 aromatic rings. The Kier molecular flexibility index (Phi) is 5.41. The molecule has 1 heterocycles. The van der Waals surface area contributed by atoms with Crippen molar-refractivity contribution in [2.45, 2.75) is 13.0 Å². The highest BCUT2D eigenvalue weighted by Gasteiger charge is 2.14. The minimum absolute atomic E-state index is 0.0801. The number of anilines is 1. The van der Waals surface area contributed by atoms with E-state index in [0.717, 1.165) is 6.54 Å². The SMILES string of the molecule is CC(CN(C)C)Nc1ccc(N=Cc2c(O)n(F)c3ccccc23)cc1F. The van der Waals surface area contributed by atoms with E-state index in [1.807, 2.05) is 25.9 Å². The Bertz CT molecular complexity index is 982. The number of para-hydroxylation sites is 1. The summed E-state index contributed by atoms with van der Waals surface area (Å²) in [6.07, 6.45) is 1.34. The van der Waals surface area contributed by atoms with Crippen LogP contribution in [0.1, 0.15) is 12.5 Å². The largest absolute Gasteiger partial charge is 0.492 e. The molecule has 0 spiro atoms. The second kappa shape index (κ2) is 7.75. The molecule has 3 rings (SSSR count). The van der Waals surface area contributed by atoms with Gasteiger partial charge in [0, 0.05) is 30.3 Å². The van der Waals surface area contributed by atoms with Crippen LogP contribution in [0.2, 0.25) is 0 Å². The molecule has 1 unspecified atom stereocenters. The number of aromatic nitrogens is 1. The Morgan fingerprint density at radius 2 is 2.00 bits per heavy atom. The zero-order valence-corrected chi connectivity index (χ0v) is 15.4. The number of hydrogen-bond donors (Lipinski definition) is 2. The van der Waals surface area contributed by atoms with Gasteiger partial charge in [0.2, 0.25) is 5.88 Å². The molecular weight excluding hydrogens is 350 g/mol. The molecule has 0 fully saturated rings. The monoisotopic (exact) mass is 372 g/mol. The van der Waals surface area contributed by atoms with Crippen LogP contribution in [0.3, 0.4) is 0 Å². The Morgan fingerprint density at radius 1 is 1.26 bits per heavy atom. The normalized spacial score (nSPS) is 13.0. The standard InChI is InChI=1S/C20H22F2N4O/c1-13(12-25(2)3)24-18-9-8-14(10-17(18)21)23-11-16-15-6-4-5-7-19(15)26(22)20(16)27/h4-11,13,24,27H,12H2,1-3H3. The summed E-state index contributed by atoms with van der Waals surface area (Å²) in [5.74, 6) is -0.955. The number of nitrogens with zero attached hydrogens (tertiary/aromatic N) is 3. The zero-order valence-electron chi connectivity index (χ0n) is 15.4. The van der Waals surface area contributed by atoms with Crippen LogP contribution < -0.4 is 5.32 Å². The van der Waals surface area contributed by atoms with Crippen molar-refractivity contribution in [2.75, 3.05) is 26.0 Å². The molecule has 27 heavy (non-hydrogen) atoms. The van der Waals surface area contributed by atoms with E-state index in [1.165, 1.54) is 12.3 Å². The van der Waals surface area contributed by atoms with Crippen molar-refractivity contribution in [1.29, 1.82) is 0 Å². The summed E-state index contributed by atoms with van der Waals surface area (Å²) in [4.78, 5) is 6.41. The number of rotatable bonds is 6. The summed E-state index contributed by atoms with van der Waals surface area (Å²) in [5, 5.41) is 13.6. The molecule has 142 valence electrons. The van der Waals surface area contributed by atoms with Crippen LogP contribution in [0.25, 0.3) is 10.9 Å². The molecule has 0 aliphatic carbocycles. The van der Waals surface area contributed by atoms with Gasteiger partial charge < -0.3 is 15.3 Å². The van der Waals surface area contributed by atoms with Crippen LogP contribution in [0, 0.1) is 5.82 Å². The van der Waals surface area contributed by atoms with Crippen LogP contribution in [-0.2, 0) is 0 Å². The maximum absolute atomic E-state index is 14.3. The van der Waals surface area contributed by atoms with Crippen molar-refractivity contribution in [1.82, 2.24) is 9.69 Å². The lowest BCUT2D eigenvalue weighted by Gasteiger charge is -2.19. The van der Waals surface area contributed by atoms with Gasteiger partial charge in [-0.15, -0.1) is 4.79 Å². The fourth-order valence-electron chi connectivity index (χ4n) is 3.04. The Labute approximate surface area is 156 Å². The number of fused-ring (bicyclic) bond motifs is 1. The third-order valence-corrected chi connectivity index (χ3v) is 4.17. The molecular formula is C20H22F2N4O. The van der Waals surface area contributed by atoms with Crippen molar-refractivity contribution in [3.05, 3.63) is 53.8 Å². The number of benzene rings is 2. The summed E-state index contributed by atoms with van der Waals surface area (Å²) >= 11 is 0. The summed E-state index contributed by atoms with van der Waals surface area (Å²) in [7, 11) is 3.91. The minimum atomic E-state index is -0.531. The minimum Gasteiger partial charge on any atom is -0.492 e. The van der Waals surface area contributed by atoms with E-state index >= 15 is 0 Å². The van der Waals surface area contributed by atoms with Crippen molar-refractivity contribution in [2.24, 2.45) is 4.99 Å². The second-order valence-corrected chi connectivity index (χ2v) is 6.77. The van der Waals surface area contributed by atoms with Crippen molar-refractivity contribution in [3.63, 3.8) is 0 Å². The highest BCUT2D eigenvalue weighted by molar-refractivity contribution is 6.02. The summed E-state index contributed by atoms with van der Waals surface area (Å²) in [6, 6.07) is 11.3.